The third kappa shape index (κ3) is 4.86. The number of aliphatic hydroxyl groups excluding tert-OH is 2. The van der Waals surface area contributed by atoms with Crippen LogP contribution in [0.5, 0.6) is 0 Å². The van der Waals surface area contributed by atoms with Gasteiger partial charge in [-0.25, -0.2) is 0 Å². The number of rotatable bonds is 7. The molecule has 0 amide bonds. The van der Waals surface area contributed by atoms with Crippen LogP contribution in [0.1, 0.15) is 79.7 Å². The second-order valence-corrected chi connectivity index (χ2v) is 9.59. The molecule has 5 atom stereocenters. The van der Waals surface area contributed by atoms with Crippen LogP contribution in [0.15, 0.2) is 48.5 Å². The highest BCUT2D eigenvalue weighted by molar-refractivity contribution is 5.31. The molecule has 2 aliphatic carbocycles. The van der Waals surface area contributed by atoms with Crippen LogP contribution in [-0.2, 0) is 12.8 Å². The molecule has 4 rings (SSSR count). The molecule has 0 saturated heterocycles. The maximum absolute atomic E-state index is 10.8. The molecule has 2 aromatic rings. The molecule has 0 radical (unpaired) electrons. The van der Waals surface area contributed by atoms with Gasteiger partial charge in [0.2, 0.25) is 0 Å². The van der Waals surface area contributed by atoms with Crippen LogP contribution in [0.4, 0.5) is 0 Å². The Hall–Kier alpha value is -2.15. The molecule has 3 heteroatoms. The minimum absolute atomic E-state index is 0.0164. The lowest BCUT2D eigenvalue weighted by molar-refractivity contribution is 0.111. The first kappa shape index (κ1) is 22.1. The summed E-state index contributed by atoms with van der Waals surface area (Å²) in [7, 11) is 0. The largest absolute Gasteiger partial charge is 0.392 e. The highest BCUT2D eigenvalue weighted by atomic mass is 16.3. The predicted molar refractivity (Wildman–Crippen MR) is 123 cm³/mol. The van der Waals surface area contributed by atoms with Crippen molar-refractivity contribution in [1.82, 2.24) is 0 Å². The van der Waals surface area contributed by atoms with E-state index in [2.05, 4.69) is 49.4 Å². The van der Waals surface area contributed by atoms with Crippen LogP contribution < -0.4 is 0 Å². The van der Waals surface area contributed by atoms with E-state index in [1.807, 2.05) is 12.1 Å². The lowest BCUT2D eigenvalue weighted by Crippen LogP contribution is -2.19. The van der Waals surface area contributed by atoms with Crippen molar-refractivity contribution in [2.75, 3.05) is 0 Å². The summed E-state index contributed by atoms with van der Waals surface area (Å²) in [5.74, 6) is 0.394. The average Bonchev–Trinajstić information content (AvgIpc) is 3.45. The van der Waals surface area contributed by atoms with Crippen molar-refractivity contribution in [2.24, 2.45) is 17.8 Å². The SMILES string of the molecule is CCc1ccc(CCC2C(c3ccc(C(O)C4CCCC4)cc3)[C@H](O)C[C@H]2C#N)cc1. The molecule has 0 aliphatic heterocycles. The first-order valence-electron chi connectivity index (χ1n) is 12.0. The Morgan fingerprint density at radius 1 is 1.00 bits per heavy atom. The van der Waals surface area contributed by atoms with E-state index in [4.69, 9.17) is 0 Å². The van der Waals surface area contributed by atoms with Gasteiger partial charge in [-0.3, -0.25) is 0 Å². The zero-order valence-corrected chi connectivity index (χ0v) is 18.6. The van der Waals surface area contributed by atoms with E-state index in [-0.39, 0.29) is 17.8 Å². The number of hydrogen-bond donors (Lipinski definition) is 2. The minimum atomic E-state index is -0.484. The molecule has 31 heavy (non-hydrogen) atoms. The Morgan fingerprint density at radius 3 is 2.26 bits per heavy atom. The van der Waals surface area contributed by atoms with Gasteiger partial charge in [-0.05, 0) is 72.6 Å². The molecule has 2 aliphatic rings. The number of nitrogens with zero attached hydrogens (tertiary/aromatic N) is 1. The zero-order valence-electron chi connectivity index (χ0n) is 18.6. The molecule has 3 nitrogen and oxygen atoms in total. The highest BCUT2D eigenvalue weighted by Crippen LogP contribution is 2.46. The predicted octanol–water partition coefficient (Wildman–Crippen LogP) is 5.71. The van der Waals surface area contributed by atoms with Crippen LogP contribution in [0.25, 0.3) is 0 Å². The molecule has 2 N–H and O–H groups in total. The van der Waals surface area contributed by atoms with E-state index in [1.165, 1.54) is 24.0 Å². The van der Waals surface area contributed by atoms with Crippen molar-refractivity contribution in [1.29, 1.82) is 5.26 Å². The second kappa shape index (κ2) is 9.98. The Balaban J connectivity index is 1.48. The molecule has 2 saturated carbocycles. The van der Waals surface area contributed by atoms with Crippen molar-refractivity contribution >= 4 is 0 Å². The average molecular weight is 418 g/mol. The number of aryl methyl sites for hydroxylation is 2. The van der Waals surface area contributed by atoms with E-state index in [9.17, 15) is 15.5 Å². The van der Waals surface area contributed by atoms with Gasteiger partial charge < -0.3 is 10.2 Å². The fourth-order valence-corrected chi connectivity index (χ4v) is 5.85. The van der Waals surface area contributed by atoms with Gasteiger partial charge in [-0.1, -0.05) is 68.3 Å². The van der Waals surface area contributed by atoms with Crippen molar-refractivity contribution < 1.29 is 10.2 Å². The van der Waals surface area contributed by atoms with E-state index < -0.39 is 12.2 Å². The summed E-state index contributed by atoms with van der Waals surface area (Å²) in [5, 5.41) is 31.3. The fourth-order valence-electron chi connectivity index (χ4n) is 5.85. The van der Waals surface area contributed by atoms with Gasteiger partial charge in [0.25, 0.3) is 0 Å². The molecule has 2 aromatic carbocycles. The summed E-state index contributed by atoms with van der Waals surface area (Å²) in [6, 6.07) is 19.4. The van der Waals surface area contributed by atoms with Gasteiger partial charge in [-0.2, -0.15) is 5.26 Å². The summed E-state index contributed by atoms with van der Waals surface area (Å²) in [6.07, 6.45) is 7.18. The van der Waals surface area contributed by atoms with E-state index in [0.717, 1.165) is 43.2 Å². The maximum atomic E-state index is 10.8. The molecule has 3 unspecified atom stereocenters. The van der Waals surface area contributed by atoms with Crippen LogP contribution >= 0.6 is 0 Å². The van der Waals surface area contributed by atoms with Crippen molar-refractivity contribution in [3.05, 3.63) is 70.8 Å². The Labute approximate surface area is 186 Å². The molecule has 0 heterocycles. The van der Waals surface area contributed by atoms with Crippen molar-refractivity contribution in [3.8, 4) is 6.07 Å². The summed E-state index contributed by atoms with van der Waals surface area (Å²) >= 11 is 0. The van der Waals surface area contributed by atoms with Gasteiger partial charge in [-0.15, -0.1) is 0 Å². The molecule has 0 bridgehead atoms. The van der Waals surface area contributed by atoms with E-state index in [0.29, 0.717) is 12.3 Å². The van der Waals surface area contributed by atoms with Crippen molar-refractivity contribution in [2.45, 2.75) is 76.4 Å². The lowest BCUT2D eigenvalue weighted by atomic mass is 9.80. The summed E-state index contributed by atoms with van der Waals surface area (Å²) in [5.41, 5.74) is 4.71. The molecule has 0 spiro atoms. The highest BCUT2D eigenvalue weighted by Gasteiger charge is 2.43. The van der Waals surface area contributed by atoms with Crippen LogP contribution in [0.3, 0.4) is 0 Å². The number of benzene rings is 2. The number of aliphatic hydroxyl groups is 2. The Morgan fingerprint density at radius 2 is 1.65 bits per heavy atom. The Kier molecular flexibility index (Phi) is 7.10. The Bertz CT molecular complexity index is 877. The fraction of sp³-hybridized carbons (Fsp3) is 0.536. The molecule has 164 valence electrons. The smallest absolute Gasteiger partial charge is 0.0818 e. The third-order valence-electron chi connectivity index (χ3n) is 7.76. The minimum Gasteiger partial charge on any atom is -0.392 e. The topological polar surface area (TPSA) is 64.2 Å². The maximum Gasteiger partial charge on any atom is 0.0818 e. The van der Waals surface area contributed by atoms with Crippen LogP contribution in [0, 0.1) is 29.1 Å². The third-order valence-corrected chi connectivity index (χ3v) is 7.76. The summed E-state index contributed by atoms with van der Waals surface area (Å²) in [4.78, 5) is 0. The van der Waals surface area contributed by atoms with Gasteiger partial charge in [0.05, 0.1) is 24.2 Å². The number of nitriles is 1. The van der Waals surface area contributed by atoms with Gasteiger partial charge >= 0.3 is 0 Å². The normalized spacial score (nSPS) is 27.3. The molecular weight excluding hydrogens is 382 g/mol. The lowest BCUT2D eigenvalue weighted by Gasteiger charge is -2.25. The van der Waals surface area contributed by atoms with Gasteiger partial charge in [0.1, 0.15) is 0 Å². The quantitative estimate of drug-likeness (QED) is 0.606. The first-order valence-corrected chi connectivity index (χ1v) is 12.0. The summed E-state index contributed by atoms with van der Waals surface area (Å²) in [6.45, 7) is 2.16. The first-order chi connectivity index (χ1) is 15.1. The van der Waals surface area contributed by atoms with Crippen molar-refractivity contribution in [3.63, 3.8) is 0 Å². The summed E-state index contributed by atoms with van der Waals surface area (Å²) < 4.78 is 0. The monoisotopic (exact) mass is 417 g/mol. The van der Waals surface area contributed by atoms with E-state index >= 15 is 0 Å². The second-order valence-electron chi connectivity index (χ2n) is 9.59. The van der Waals surface area contributed by atoms with Crippen LogP contribution in [0.2, 0.25) is 0 Å². The molecular formula is C28H35NO2. The van der Waals surface area contributed by atoms with Crippen LogP contribution in [-0.4, -0.2) is 16.3 Å². The zero-order chi connectivity index (χ0) is 21.8. The molecule has 0 aromatic heterocycles. The number of hydrogen-bond acceptors (Lipinski definition) is 3. The molecule has 2 fully saturated rings. The van der Waals surface area contributed by atoms with Gasteiger partial charge in [0.15, 0.2) is 0 Å². The van der Waals surface area contributed by atoms with Gasteiger partial charge in [0, 0.05) is 5.92 Å². The standard InChI is InChI=1S/C28H35NO2/c1-2-19-7-9-20(10-8-19)11-16-25-24(18-29)17-26(30)27(25)21-12-14-23(15-13-21)28(31)22-5-3-4-6-22/h7-10,12-15,22,24-28,30-31H,2-6,11,16-17H2,1H3/t24-,25?,26+,27?,28?/m0/s1. The van der Waals surface area contributed by atoms with E-state index in [1.54, 1.807) is 0 Å².